The van der Waals surface area contributed by atoms with Crippen LogP contribution in [0.5, 0.6) is 5.75 Å². The van der Waals surface area contributed by atoms with E-state index in [1.54, 1.807) is 0 Å². The van der Waals surface area contributed by atoms with Crippen LogP contribution in [0.15, 0.2) is 18.5 Å². The van der Waals surface area contributed by atoms with Crippen molar-refractivity contribution >= 4 is 5.91 Å². The van der Waals surface area contributed by atoms with Crippen LogP contribution in [0.2, 0.25) is 0 Å². The van der Waals surface area contributed by atoms with Gasteiger partial charge in [0, 0.05) is 19.2 Å². The minimum atomic E-state index is -4.21. The van der Waals surface area contributed by atoms with Gasteiger partial charge in [0.2, 0.25) is 0 Å². The van der Waals surface area contributed by atoms with Gasteiger partial charge in [-0.2, -0.15) is 13.2 Å². The van der Waals surface area contributed by atoms with Gasteiger partial charge in [0.25, 0.3) is 5.91 Å². The molecule has 1 aromatic rings. The highest BCUT2D eigenvalue weighted by Gasteiger charge is 2.25. The molecule has 7 heteroatoms. The molecule has 0 aliphatic carbocycles. The summed E-state index contributed by atoms with van der Waals surface area (Å²) in [7, 11) is 0. The first-order chi connectivity index (χ1) is 7.88. The molecule has 94 valence electrons. The summed E-state index contributed by atoms with van der Waals surface area (Å²) in [6, 6.07) is 1.19. The molecule has 4 nitrogen and oxygen atoms in total. The van der Waals surface area contributed by atoms with Gasteiger partial charge >= 0.3 is 6.18 Å². The molecule has 0 bridgehead atoms. The van der Waals surface area contributed by atoms with Gasteiger partial charge in [-0.1, -0.05) is 0 Å². The monoisotopic (exact) mass is 248 g/mol. The average Bonchev–Trinajstić information content (AvgIpc) is 2.23. The number of nitrogens with one attached hydrogen (secondary N) is 1. The third-order valence-corrected chi connectivity index (χ3v) is 1.91. The predicted octanol–water partition coefficient (Wildman–Crippen LogP) is 1.86. The average molecular weight is 248 g/mol. The van der Waals surface area contributed by atoms with Crippen molar-refractivity contribution in [2.75, 3.05) is 6.54 Å². The van der Waals surface area contributed by atoms with Gasteiger partial charge in [0.05, 0.1) is 11.8 Å². The van der Waals surface area contributed by atoms with Crippen LogP contribution >= 0.6 is 0 Å². The summed E-state index contributed by atoms with van der Waals surface area (Å²) in [5.74, 6) is -0.733. The fourth-order valence-corrected chi connectivity index (χ4v) is 1.14. The van der Waals surface area contributed by atoms with Crippen molar-refractivity contribution in [1.29, 1.82) is 0 Å². The van der Waals surface area contributed by atoms with Gasteiger partial charge in [-0.3, -0.25) is 9.78 Å². The summed E-state index contributed by atoms with van der Waals surface area (Å²) in [6.45, 7) is -0.0754. The molecule has 2 N–H and O–H groups in total. The largest absolute Gasteiger partial charge is 0.506 e. The van der Waals surface area contributed by atoms with E-state index in [1.807, 2.05) is 0 Å². The molecule has 0 fully saturated rings. The quantitative estimate of drug-likeness (QED) is 0.799. The summed E-state index contributed by atoms with van der Waals surface area (Å²) in [4.78, 5) is 15.0. The SMILES string of the molecule is O=C(NCCCC(F)(F)F)c1cncc(O)c1. The van der Waals surface area contributed by atoms with E-state index >= 15 is 0 Å². The standard InChI is InChI=1S/C10H11F3N2O2/c11-10(12,13)2-1-3-15-9(17)7-4-8(16)6-14-5-7/h4-6,16H,1-3H2,(H,15,17). The van der Waals surface area contributed by atoms with Crippen LogP contribution in [0, 0.1) is 0 Å². The lowest BCUT2D eigenvalue weighted by Crippen LogP contribution is -2.25. The Bertz CT molecular complexity index is 393. The Morgan fingerprint density at radius 2 is 2.12 bits per heavy atom. The number of hydrogen-bond donors (Lipinski definition) is 2. The minimum Gasteiger partial charge on any atom is -0.506 e. The van der Waals surface area contributed by atoms with E-state index in [1.165, 1.54) is 12.3 Å². The van der Waals surface area contributed by atoms with Gasteiger partial charge in [-0.05, 0) is 12.5 Å². The number of alkyl halides is 3. The van der Waals surface area contributed by atoms with Crippen LogP contribution in [0.1, 0.15) is 23.2 Å². The molecule has 0 aliphatic rings. The first kappa shape index (κ1) is 13.3. The highest BCUT2D eigenvalue weighted by Crippen LogP contribution is 2.20. The van der Waals surface area contributed by atoms with Gasteiger partial charge in [0.1, 0.15) is 5.75 Å². The fraction of sp³-hybridized carbons (Fsp3) is 0.400. The Morgan fingerprint density at radius 1 is 1.41 bits per heavy atom. The number of halogens is 3. The van der Waals surface area contributed by atoms with Crippen molar-refractivity contribution in [3.8, 4) is 5.75 Å². The molecule has 0 unspecified atom stereocenters. The highest BCUT2D eigenvalue weighted by atomic mass is 19.4. The van der Waals surface area contributed by atoms with Crippen molar-refractivity contribution in [3.63, 3.8) is 0 Å². The molecular weight excluding hydrogens is 237 g/mol. The van der Waals surface area contributed by atoms with Crippen molar-refractivity contribution < 1.29 is 23.1 Å². The van der Waals surface area contributed by atoms with Crippen molar-refractivity contribution in [2.24, 2.45) is 0 Å². The molecule has 1 aromatic heterocycles. The summed E-state index contributed by atoms with van der Waals surface area (Å²) in [5, 5.41) is 11.4. The number of aromatic hydroxyl groups is 1. The zero-order valence-corrected chi connectivity index (χ0v) is 8.79. The van der Waals surface area contributed by atoms with Crippen LogP contribution < -0.4 is 5.32 Å². The summed E-state index contributed by atoms with van der Waals surface area (Å²) in [6.07, 6.45) is -2.95. The van der Waals surface area contributed by atoms with Gasteiger partial charge < -0.3 is 10.4 Å². The molecule has 1 amide bonds. The van der Waals surface area contributed by atoms with E-state index in [-0.39, 0.29) is 24.3 Å². The van der Waals surface area contributed by atoms with E-state index < -0.39 is 18.5 Å². The smallest absolute Gasteiger partial charge is 0.389 e. The summed E-state index contributed by atoms with van der Waals surface area (Å²) in [5.41, 5.74) is 0.108. The van der Waals surface area contributed by atoms with Crippen LogP contribution in [-0.2, 0) is 0 Å². The lowest BCUT2D eigenvalue weighted by molar-refractivity contribution is -0.135. The molecule has 0 radical (unpaired) electrons. The Hall–Kier alpha value is -1.79. The number of pyridine rings is 1. The third-order valence-electron chi connectivity index (χ3n) is 1.91. The van der Waals surface area contributed by atoms with E-state index in [0.717, 1.165) is 6.20 Å². The molecule has 1 heterocycles. The second kappa shape index (κ2) is 5.51. The number of amides is 1. The third kappa shape index (κ3) is 5.19. The lowest BCUT2D eigenvalue weighted by atomic mass is 10.2. The number of hydrogen-bond acceptors (Lipinski definition) is 3. The number of nitrogens with zero attached hydrogens (tertiary/aromatic N) is 1. The Kier molecular flexibility index (Phi) is 4.30. The molecule has 1 rings (SSSR count). The van der Waals surface area contributed by atoms with Gasteiger partial charge in [-0.15, -0.1) is 0 Å². The normalized spacial score (nSPS) is 11.2. The Labute approximate surface area is 95.5 Å². The van der Waals surface area contributed by atoms with Gasteiger partial charge in [-0.25, -0.2) is 0 Å². The zero-order valence-electron chi connectivity index (χ0n) is 8.79. The molecule has 0 atom stereocenters. The van der Waals surface area contributed by atoms with Crippen molar-refractivity contribution in [2.45, 2.75) is 19.0 Å². The number of aromatic nitrogens is 1. The first-order valence-corrected chi connectivity index (χ1v) is 4.87. The van der Waals surface area contributed by atoms with E-state index in [0.29, 0.717) is 0 Å². The van der Waals surface area contributed by atoms with Crippen LogP contribution in [0.3, 0.4) is 0 Å². The molecule has 0 aromatic carbocycles. The minimum absolute atomic E-state index is 0.0754. The molecule has 0 spiro atoms. The molecular formula is C10H11F3N2O2. The van der Waals surface area contributed by atoms with E-state index in [2.05, 4.69) is 10.3 Å². The van der Waals surface area contributed by atoms with Crippen LogP contribution in [0.4, 0.5) is 13.2 Å². The highest BCUT2D eigenvalue weighted by molar-refractivity contribution is 5.94. The second-order valence-corrected chi connectivity index (χ2v) is 3.41. The maximum absolute atomic E-state index is 11.8. The van der Waals surface area contributed by atoms with Crippen LogP contribution in [0.25, 0.3) is 0 Å². The number of rotatable bonds is 4. The Balaban J connectivity index is 2.36. The van der Waals surface area contributed by atoms with Gasteiger partial charge in [0.15, 0.2) is 0 Å². The number of carbonyl (C=O) groups excluding carboxylic acids is 1. The maximum Gasteiger partial charge on any atom is 0.389 e. The molecule has 0 saturated heterocycles. The molecule has 17 heavy (non-hydrogen) atoms. The van der Waals surface area contributed by atoms with Crippen molar-refractivity contribution in [1.82, 2.24) is 10.3 Å². The maximum atomic E-state index is 11.8. The molecule has 0 aliphatic heterocycles. The van der Waals surface area contributed by atoms with E-state index in [9.17, 15) is 18.0 Å². The van der Waals surface area contributed by atoms with Crippen LogP contribution in [-0.4, -0.2) is 28.7 Å². The van der Waals surface area contributed by atoms with Crippen molar-refractivity contribution in [3.05, 3.63) is 24.0 Å². The predicted molar refractivity (Wildman–Crippen MR) is 53.5 cm³/mol. The Morgan fingerprint density at radius 3 is 2.71 bits per heavy atom. The first-order valence-electron chi connectivity index (χ1n) is 4.87. The topological polar surface area (TPSA) is 62.2 Å². The lowest BCUT2D eigenvalue weighted by Gasteiger charge is -2.07. The number of carbonyl (C=O) groups is 1. The zero-order chi connectivity index (χ0) is 12.9. The second-order valence-electron chi connectivity index (χ2n) is 3.41. The molecule has 0 saturated carbocycles. The summed E-state index contributed by atoms with van der Waals surface area (Å²) >= 11 is 0. The summed E-state index contributed by atoms with van der Waals surface area (Å²) < 4.78 is 35.4. The fourth-order valence-electron chi connectivity index (χ4n) is 1.14. The van der Waals surface area contributed by atoms with E-state index in [4.69, 9.17) is 5.11 Å².